The molecule has 6 nitrogen and oxygen atoms in total. The number of nitrogens with zero attached hydrogens (tertiary/aromatic N) is 4. The molecule has 21 heavy (non-hydrogen) atoms. The Bertz CT molecular complexity index is 438. The highest BCUT2D eigenvalue weighted by molar-refractivity contribution is 5.92. The monoisotopic (exact) mass is 291 g/mol. The number of nitrogens with one attached hydrogen (secondary N) is 1. The Labute approximate surface area is 126 Å². The van der Waals surface area contributed by atoms with Gasteiger partial charge in [0.25, 0.3) is 5.91 Å². The number of carbonyl (C=O) groups is 1. The predicted molar refractivity (Wildman–Crippen MR) is 83.4 cm³/mol. The Hall–Kier alpha value is -1.69. The third kappa shape index (κ3) is 4.97. The van der Waals surface area contributed by atoms with Crippen LogP contribution in [0.1, 0.15) is 36.2 Å². The van der Waals surface area contributed by atoms with Gasteiger partial charge < -0.3 is 15.1 Å². The van der Waals surface area contributed by atoms with E-state index in [9.17, 15) is 4.79 Å². The van der Waals surface area contributed by atoms with Crippen LogP contribution >= 0.6 is 0 Å². The summed E-state index contributed by atoms with van der Waals surface area (Å²) in [4.78, 5) is 16.4. The van der Waals surface area contributed by atoms with Gasteiger partial charge in [-0.15, -0.1) is 10.2 Å². The number of hydrogen-bond donors (Lipinski definition) is 1. The quantitative estimate of drug-likeness (QED) is 0.890. The lowest BCUT2D eigenvalue weighted by Gasteiger charge is -2.19. The van der Waals surface area contributed by atoms with Crippen molar-refractivity contribution in [3.63, 3.8) is 0 Å². The van der Waals surface area contributed by atoms with Crippen LogP contribution in [0.15, 0.2) is 12.1 Å². The molecule has 2 rings (SSSR count). The predicted octanol–water partition coefficient (Wildman–Crippen LogP) is 1.47. The lowest BCUT2D eigenvalue weighted by molar-refractivity contribution is 0.0754. The van der Waals surface area contributed by atoms with Crippen LogP contribution in [0, 0.1) is 0 Å². The third-order valence-electron chi connectivity index (χ3n) is 3.64. The first-order valence-electron chi connectivity index (χ1n) is 7.68. The summed E-state index contributed by atoms with van der Waals surface area (Å²) in [5.74, 6) is 0.716. The summed E-state index contributed by atoms with van der Waals surface area (Å²) in [6, 6.07) is 3.59. The maximum Gasteiger partial charge on any atom is 0.274 e. The van der Waals surface area contributed by atoms with Crippen molar-refractivity contribution in [1.82, 2.24) is 20.0 Å². The molecule has 1 aromatic heterocycles. The molecule has 0 aliphatic carbocycles. The van der Waals surface area contributed by atoms with Crippen LogP contribution in [0.2, 0.25) is 0 Å². The molecule has 0 aromatic carbocycles. The van der Waals surface area contributed by atoms with Crippen molar-refractivity contribution in [3.8, 4) is 0 Å². The highest BCUT2D eigenvalue weighted by Crippen LogP contribution is 2.12. The Balaban J connectivity index is 1.89. The van der Waals surface area contributed by atoms with E-state index in [2.05, 4.69) is 20.4 Å². The van der Waals surface area contributed by atoms with Gasteiger partial charge in [0, 0.05) is 26.2 Å². The van der Waals surface area contributed by atoms with Crippen LogP contribution in [-0.2, 0) is 0 Å². The van der Waals surface area contributed by atoms with E-state index < -0.39 is 0 Å². The summed E-state index contributed by atoms with van der Waals surface area (Å²) in [7, 11) is 4.05. The maximum absolute atomic E-state index is 12.4. The lowest BCUT2D eigenvalue weighted by Crippen LogP contribution is -2.32. The molecular formula is C15H25N5O. The Kier molecular flexibility index (Phi) is 5.92. The molecule has 2 heterocycles. The van der Waals surface area contributed by atoms with Gasteiger partial charge in [-0.25, -0.2) is 0 Å². The number of rotatable bonds is 5. The fourth-order valence-corrected chi connectivity index (χ4v) is 2.38. The van der Waals surface area contributed by atoms with Crippen molar-refractivity contribution in [2.24, 2.45) is 0 Å². The Morgan fingerprint density at radius 3 is 2.48 bits per heavy atom. The largest absolute Gasteiger partial charge is 0.367 e. The number of aromatic nitrogens is 2. The van der Waals surface area contributed by atoms with Crippen molar-refractivity contribution in [2.75, 3.05) is 45.6 Å². The highest BCUT2D eigenvalue weighted by atomic mass is 16.2. The van der Waals surface area contributed by atoms with Crippen molar-refractivity contribution in [2.45, 2.75) is 25.7 Å². The van der Waals surface area contributed by atoms with Crippen molar-refractivity contribution < 1.29 is 4.79 Å². The van der Waals surface area contributed by atoms with Crippen LogP contribution < -0.4 is 5.32 Å². The molecule has 1 saturated heterocycles. The average molecular weight is 291 g/mol. The topological polar surface area (TPSA) is 61.4 Å². The normalized spacial score (nSPS) is 15.9. The van der Waals surface area contributed by atoms with Crippen molar-refractivity contribution in [3.05, 3.63) is 17.8 Å². The zero-order valence-corrected chi connectivity index (χ0v) is 13.0. The van der Waals surface area contributed by atoms with Crippen LogP contribution in [-0.4, -0.2) is 66.2 Å². The first kappa shape index (κ1) is 15.7. The third-order valence-corrected chi connectivity index (χ3v) is 3.64. The van der Waals surface area contributed by atoms with Gasteiger partial charge in [-0.05, 0) is 39.1 Å². The summed E-state index contributed by atoms with van der Waals surface area (Å²) in [6.07, 6.45) is 4.60. The van der Waals surface area contributed by atoms with Gasteiger partial charge >= 0.3 is 0 Å². The van der Waals surface area contributed by atoms with Crippen LogP contribution in [0.25, 0.3) is 0 Å². The van der Waals surface area contributed by atoms with Crippen LogP contribution in [0.4, 0.5) is 5.82 Å². The number of carbonyl (C=O) groups excluding carboxylic acids is 1. The molecule has 1 N–H and O–H groups in total. The number of hydrogen-bond acceptors (Lipinski definition) is 5. The molecule has 0 radical (unpaired) electrons. The van der Waals surface area contributed by atoms with Gasteiger partial charge in [0.2, 0.25) is 0 Å². The van der Waals surface area contributed by atoms with E-state index in [0.717, 1.165) is 39.0 Å². The van der Waals surface area contributed by atoms with Crippen LogP contribution in [0.5, 0.6) is 0 Å². The minimum Gasteiger partial charge on any atom is -0.367 e. The van der Waals surface area contributed by atoms with Gasteiger partial charge in [-0.3, -0.25) is 4.79 Å². The SMILES string of the molecule is CN(C)CCNc1ccc(C(=O)N2CCCCCC2)nn1. The first-order valence-corrected chi connectivity index (χ1v) is 7.68. The molecule has 6 heteroatoms. The van der Waals surface area contributed by atoms with E-state index in [0.29, 0.717) is 11.5 Å². The molecule has 0 unspecified atom stereocenters. The van der Waals surface area contributed by atoms with E-state index in [1.54, 1.807) is 6.07 Å². The molecule has 0 atom stereocenters. The summed E-state index contributed by atoms with van der Waals surface area (Å²) < 4.78 is 0. The number of anilines is 1. The molecule has 1 fully saturated rings. The van der Waals surface area contributed by atoms with Crippen molar-refractivity contribution >= 4 is 11.7 Å². The van der Waals surface area contributed by atoms with E-state index >= 15 is 0 Å². The molecule has 1 amide bonds. The number of amides is 1. The number of likely N-dealkylation sites (tertiary alicyclic amines) is 1. The second-order valence-corrected chi connectivity index (χ2v) is 5.74. The Morgan fingerprint density at radius 2 is 1.90 bits per heavy atom. The summed E-state index contributed by atoms with van der Waals surface area (Å²) >= 11 is 0. The molecule has 1 aliphatic heterocycles. The molecule has 0 bridgehead atoms. The van der Waals surface area contributed by atoms with E-state index in [4.69, 9.17) is 0 Å². The first-order chi connectivity index (χ1) is 10.2. The lowest BCUT2D eigenvalue weighted by atomic mass is 10.2. The van der Waals surface area contributed by atoms with Crippen LogP contribution in [0.3, 0.4) is 0 Å². The van der Waals surface area contributed by atoms with Gasteiger partial charge in [-0.2, -0.15) is 0 Å². The summed E-state index contributed by atoms with van der Waals surface area (Å²) in [5, 5.41) is 11.3. The second kappa shape index (κ2) is 7.93. The number of likely N-dealkylation sites (N-methyl/N-ethyl adjacent to an activating group) is 1. The molecule has 1 aromatic rings. The van der Waals surface area contributed by atoms with Gasteiger partial charge in [0.15, 0.2) is 5.69 Å². The molecule has 1 aliphatic rings. The molecule has 116 valence electrons. The van der Waals surface area contributed by atoms with Gasteiger partial charge in [0.05, 0.1) is 0 Å². The van der Waals surface area contributed by atoms with Crippen molar-refractivity contribution in [1.29, 1.82) is 0 Å². The fourth-order valence-electron chi connectivity index (χ4n) is 2.38. The van der Waals surface area contributed by atoms with E-state index in [-0.39, 0.29) is 5.91 Å². The van der Waals surface area contributed by atoms with Gasteiger partial charge in [0.1, 0.15) is 5.82 Å². The highest BCUT2D eigenvalue weighted by Gasteiger charge is 2.18. The van der Waals surface area contributed by atoms with E-state index in [1.807, 2.05) is 25.1 Å². The molecule has 0 spiro atoms. The standard InChI is InChI=1S/C15H25N5O/c1-19(2)12-9-16-14-8-7-13(17-18-14)15(21)20-10-5-3-4-6-11-20/h7-8H,3-6,9-12H2,1-2H3,(H,16,18). The summed E-state index contributed by atoms with van der Waals surface area (Å²) in [5.41, 5.74) is 0.440. The minimum atomic E-state index is 0.00393. The molecular weight excluding hydrogens is 266 g/mol. The average Bonchev–Trinajstić information content (AvgIpc) is 2.76. The Morgan fingerprint density at radius 1 is 1.19 bits per heavy atom. The smallest absolute Gasteiger partial charge is 0.274 e. The van der Waals surface area contributed by atoms with E-state index in [1.165, 1.54) is 12.8 Å². The fraction of sp³-hybridized carbons (Fsp3) is 0.667. The summed E-state index contributed by atoms with van der Waals surface area (Å²) in [6.45, 7) is 3.41. The zero-order valence-electron chi connectivity index (χ0n) is 13.0. The maximum atomic E-state index is 12.4. The zero-order chi connectivity index (χ0) is 15.1. The van der Waals surface area contributed by atoms with Gasteiger partial charge in [-0.1, -0.05) is 12.8 Å². The minimum absolute atomic E-state index is 0.00393. The molecule has 0 saturated carbocycles. The second-order valence-electron chi connectivity index (χ2n) is 5.74.